The van der Waals surface area contributed by atoms with Gasteiger partial charge >= 0.3 is 0 Å². The summed E-state index contributed by atoms with van der Waals surface area (Å²) in [5.74, 6) is 2.52. The molecule has 0 bridgehead atoms. The van der Waals surface area contributed by atoms with Crippen LogP contribution in [0.1, 0.15) is 32.1 Å². The number of amides is 1. The summed E-state index contributed by atoms with van der Waals surface area (Å²) < 4.78 is 1.90. The monoisotopic (exact) mass is 355 g/mol. The molecule has 4 nitrogen and oxygen atoms in total. The van der Waals surface area contributed by atoms with Crippen LogP contribution in [0.4, 0.5) is 5.82 Å². The fourth-order valence-corrected chi connectivity index (χ4v) is 4.51. The van der Waals surface area contributed by atoms with Crippen LogP contribution in [-0.4, -0.2) is 15.7 Å². The number of hydrogen-bond acceptors (Lipinski definition) is 4. The van der Waals surface area contributed by atoms with E-state index >= 15 is 0 Å². The molecule has 3 aromatic rings. The molecule has 0 fully saturated rings. The van der Waals surface area contributed by atoms with Gasteiger partial charge in [-0.05, 0) is 42.5 Å². The third-order valence-electron chi connectivity index (χ3n) is 4.33. The molecule has 1 aromatic carbocycles. The van der Waals surface area contributed by atoms with Crippen molar-refractivity contribution in [3.05, 3.63) is 63.0 Å². The number of carbonyl (C=O) groups is 1. The summed E-state index contributed by atoms with van der Waals surface area (Å²) in [5.41, 5.74) is 5.63. The fourth-order valence-electron chi connectivity index (χ4n) is 2.86. The van der Waals surface area contributed by atoms with Gasteiger partial charge in [0, 0.05) is 17.1 Å². The van der Waals surface area contributed by atoms with Gasteiger partial charge in [0.25, 0.3) is 5.91 Å². The predicted molar refractivity (Wildman–Crippen MR) is 100 cm³/mol. The van der Waals surface area contributed by atoms with Crippen LogP contribution in [0, 0.1) is 13.8 Å². The summed E-state index contributed by atoms with van der Waals surface area (Å²) in [6, 6.07) is 9.91. The number of benzene rings is 1. The lowest BCUT2D eigenvalue weighted by Gasteiger charge is -2.13. The molecule has 1 aliphatic heterocycles. The minimum absolute atomic E-state index is 0.0730. The van der Waals surface area contributed by atoms with E-state index in [1.165, 1.54) is 22.5 Å². The topological polar surface area (TPSA) is 46.9 Å². The molecule has 6 heteroatoms. The van der Waals surface area contributed by atoms with Crippen molar-refractivity contribution in [3.63, 3.8) is 0 Å². The molecule has 1 N–H and O–H groups in total. The number of anilines is 1. The first-order valence-electron chi connectivity index (χ1n) is 7.75. The lowest BCUT2D eigenvalue weighted by molar-refractivity contribution is 0.102. The predicted octanol–water partition coefficient (Wildman–Crippen LogP) is 4.55. The number of aryl methyl sites for hydroxylation is 1. The molecule has 1 aliphatic rings. The van der Waals surface area contributed by atoms with E-state index in [0.29, 0.717) is 4.88 Å². The molecular weight excluding hydrogens is 338 g/mol. The van der Waals surface area contributed by atoms with E-state index in [1.54, 1.807) is 0 Å². The normalized spacial score (nSPS) is 13.1. The first-order valence-corrected chi connectivity index (χ1v) is 9.78. The van der Waals surface area contributed by atoms with E-state index in [1.807, 2.05) is 40.0 Å². The molecule has 3 heterocycles. The number of hydrogen-bond donors (Lipinski definition) is 1. The Hall–Kier alpha value is -2.05. The van der Waals surface area contributed by atoms with Gasteiger partial charge in [-0.15, -0.1) is 11.3 Å². The Morgan fingerprint density at radius 1 is 1.21 bits per heavy atom. The van der Waals surface area contributed by atoms with Crippen molar-refractivity contribution in [2.24, 2.45) is 0 Å². The van der Waals surface area contributed by atoms with E-state index in [4.69, 9.17) is 5.10 Å². The molecule has 0 spiro atoms. The molecule has 1 amide bonds. The Morgan fingerprint density at radius 3 is 2.88 bits per heavy atom. The zero-order valence-electron chi connectivity index (χ0n) is 13.5. The van der Waals surface area contributed by atoms with Gasteiger partial charge in [-0.3, -0.25) is 4.79 Å². The van der Waals surface area contributed by atoms with E-state index in [0.717, 1.165) is 34.3 Å². The van der Waals surface area contributed by atoms with Gasteiger partial charge in [0.15, 0.2) is 0 Å². The van der Waals surface area contributed by atoms with Gasteiger partial charge in [0.05, 0.1) is 16.3 Å². The van der Waals surface area contributed by atoms with E-state index < -0.39 is 0 Å². The van der Waals surface area contributed by atoms with Crippen LogP contribution < -0.4 is 5.32 Å². The molecule has 0 radical (unpaired) electrons. The van der Waals surface area contributed by atoms with Gasteiger partial charge in [-0.2, -0.15) is 16.9 Å². The van der Waals surface area contributed by atoms with E-state index in [9.17, 15) is 4.79 Å². The molecule has 0 saturated carbocycles. The Balaban J connectivity index is 1.81. The molecule has 0 aliphatic carbocycles. The zero-order chi connectivity index (χ0) is 16.7. The summed E-state index contributed by atoms with van der Waals surface area (Å²) in [6.45, 7) is 4.19. The second-order valence-electron chi connectivity index (χ2n) is 5.83. The van der Waals surface area contributed by atoms with Crippen LogP contribution in [-0.2, 0) is 11.5 Å². The molecule has 24 heavy (non-hydrogen) atoms. The number of fused-ring (bicyclic) bond motifs is 1. The maximum atomic E-state index is 12.6. The quantitative estimate of drug-likeness (QED) is 0.750. The van der Waals surface area contributed by atoms with Crippen molar-refractivity contribution in [2.75, 3.05) is 5.32 Å². The van der Waals surface area contributed by atoms with Crippen molar-refractivity contribution >= 4 is 34.8 Å². The van der Waals surface area contributed by atoms with Crippen LogP contribution in [0.15, 0.2) is 35.7 Å². The molecule has 2 aromatic heterocycles. The first-order chi connectivity index (χ1) is 11.6. The van der Waals surface area contributed by atoms with Crippen molar-refractivity contribution in [2.45, 2.75) is 25.4 Å². The Bertz CT molecular complexity index is 913. The molecule has 0 atom stereocenters. The zero-order valence-corrected chi connectivity index (χ0v) is 15.1. The first kappa shape index (κ1) is 15.5. The van der Waals surface area contributed by atoms with Gasteiger partial charge < -0.3 is 5.32 Å². The van der Waals surface area contributed by atoms with Crippen LogP contribution in [0.3, 0.4) is 0 Å². The Morgan fingerprint density at radius 2 is 2.08 bits per heavy atom. The lowest BCUT2D eigenvalue weighted by Crippen LogP contribution is -2.15. The minimum atomic E-state index is -0.0730. The highest BCUT2D eigenvalue weighted by Gasteiger charge is 2.25. The summed E-state index contributed by atoms with van der Waals surface area (Å²) in [4.78, 5) is 13.3. The summed E-state index contributed by atoms with van der Waals surface area (Å²) in [7, 11) is 0. The van der Waals surface area contributed by atoms with Crippen LogP contribution in [0.25, 0.3) is 5.69 Å². The number of rotatable bonds is 3. The average Bonchev–Trinajstić information content (AvgIpc) is 3.28. The smallest absolute Gasteiger partial charge is 0.266 e. The highest BCUT2D eigenvalue weighted by atomic mass is 32.2. The second-order valence-corrected chi connectivity index (χ2v) is 7.76. The summed E-state index contributed by atoms with van der Waals surface area (Å²) >= 11 is 3.28. The van der Waals surface area contributed by atoms with Gasteiger partial charge in [0.1, 0.15) is 5.82 Å². The van der Waals surface area contributed by atoms with Gasteiger partial charge in [0.2, 0.25) is 0 Å². The number of thiophene rings is 1. The van der Waals surface area contributed by atoms with Crippen molar-refractivity contribution in [1.82, 2.24) is 9.78 Å². The minimum Gasteiger partial charge on any atom is -0.305 e. The number of nitrogens with one attached hydrogen (secondary N) is 1. The van der Waals surface area contributed by atoms with Crippen molar-refractivity contribution in [3.8, 4) is 5.69 Å². The fraction of sp³-hybridized carbons (Fsp3) is 0.222. The molecule has 0 saturated heterocycles. The maximum absolute atomic E-state index is 12.6. The van der Waals surface area contributed by atoms with Gasteiger partial charge in [-0.25, -0.2) is 4.68 Å². The molecule has 122 valence electrons. The standard InChI is InChI=1S/C18H17N3OS2/c1-11-5-3-6-15(12(11)2)21-17(13-9-23-10-14(13)20-21)19-18(22)16-7-4-8-24-16/h3-8H,9-10H2,1-2H3,(H,19,22). The van der Waals surface area contributed by atoms with Crippen LogP contribution in [0.2, 0.25) is 0 Å². The van der Waals surface area contributed by atoms with Crippen molar-refractivity contribution < 1.29 is 4.79 Å². The maximum Gasteiger partial charge on any atom is 0.266 e. The lowest BCUT2D eigenvalue weighted by atomic mass is 10.1. The van der Waals surface area contributed by atoms with E-state index in [-0.39, 0.29) is 5.91 Å². The number of aromatic nitrogens is 2. The van der Waals surface area contributed by atoms with Crippen molar-refractivity contribution in [1.29, 1.82) is 0 Å². The molecule has 4 rings (SSSR count). The summed E-state index contributed by atoms with van der Waals surface area (Å²) in [5, 5.41) is 9.79. The number of nitrogens with zero attached hydrogens (tertiary/aromatic N) is 2. The highest BCUT2D eigenvalue weighted by Crippen LogP contribution is 2.37. The Labute approximate surface area is 148 Å². The van der Waals surface area contributed by atoms with E-state index in [2.05, 4.69) is 31.3 Å². The van der Waals surface area contributed by atoms with Crippen LogP contribution >= 0.6 is 23.1 Å². The third-order valence-corrected chi connectivity index (χ3v) is 6.17. The second kappa shape index (κ2) is 6.11. The largest absolute Gasteiger partial charge is 0.305 e. The third kappa shape index (κ3) is 2.56. The number of thioether (sulfide) groups is 1. The summed E-state index contributed by atoms with van der Waals surface area (Å²) in [6.07, 6.45) is 0. The average molecular weight is 355 g/mol. The SMILES string of the molecule is Cc1cccc(-n2nc3c(c2NC(=O)c2cccs2)CSC3)c1C. The molecular formula is C18H17N3OS2. The van der Waals surface area contributed by atoms with Crippen LogP contribution in [0.5, 0.6) is 0 Å². The molecule has 0 unspecified atom stereocenters. The Kier molecular flexibility index (Phi) is 3.94. The number of carbonyl (C=O) groups excluding carboxylic acids is 1. The highest BCUT2D eigenvalue weighted by molar-refractivity contribution is 7.98. The van der Waals surface area contributed by atoms with Gasteiger partial charge in [-0.1, -0.05) is 18.2 Å².